The van der Waals surface area contributed by atoms with Crippen molar-refractivity contribution >= 4 is 27.9 Å². The van der Waals surface area contributed by atoms with Gasteiger partial charge in [-0.2, -0.15) is 4.31 Å². The van der Waals surface area contributed by atoms with Gasteiger partial charge in [-0.1, -0.05) is 0 Å². The van der Waals surface area contributed by atoms with Crippen LogP contribution in [0.25, 0.3) is 0 Å². The van der Waals surface area contributed by atoms with Gasteiger partial charge in [-0.15, -0.1) is 0 Å². The van der Waals surface area contributed by atoms with E-state index in [-0.39, 0.29) is 54.8 Å². The summed E-state index contributed by atoms with van der Waals surface area (Å²) in [6.45, 7) is 7.95. The van der Waals surface area contributed by atoms with Crippen LogP contribution in [0.15, 0.2) is 21.6 Å². The van der Waals surface area contributed by atoms with Gasteiger partial charge in [0.2, 0.25) is 16.8 Å². The van der Waals surface area contributed by atoms with Gasteiger partial charge < -0.3 is 18.8 Å². The average Bonchev–Trinajstić information content (AvgIpc) is 3.23. The van der Waals surface area contributed by atoms with Crippen LogP contribution >= 0.6 is 0 Å². The lowest BCUT2D eigenvalue weighted by molar-refractivity contribution is -0.155. The summed E-state index contributed by atoms with van der Waals surface area (Å²) >= 11 is 0. The number of carbonyl (C=O) groups excluding carboxylic acids is 3. The van der Waals surface area contributed by atoms with Crippen LogP contribution in [0, 0.1) is 5.92 Å². The Morgan fingerprint density at radius 3 is 2.39 bits per heavy atom. The quantitative estimate of drug-likeness (QED) is 0.488. The maximum atomic E-state index is 12.8. The molecule has 0 N–H and O–H groups in total. The number of furan rings is 1. The molecule has 0 saturated carbocycles. The number of piperidine rings is 1. The van der Waals surface area contributed by atoms with Crippen molar-refractivity contribution in [2.45, 2.75) is 64.1 Å². The van der Waals surface area contributed by atoms with Gasteiger partial charge in [0, 0.05) is 39.0 Å². The minimum absolute atomic E-state index is 0.0705. The molecule has 10 nitrogen and oxygen atoms in total. The van der Waals surface area contributed by atoms with E-state index >= 15 is 0 Å². The van der Waals surface area contributed by atoms with E-state index in [1.54, 1.807) is 39.6 Å². The number of nitrogens with zero attached hydrogens (tertiary/aromatic N) is 2. The molecule has 0 aromatic carbocycles. The van der Waals surface area contributed by atoms with Crippen molar-refractivity contribution in [3.63, 3.8) is 0 Å². The highest BCUT2D eigenvalue weighted by Gasteiger charge is 2.35. The van der Waals surface area contributed by atoms with Gasteiger partial charge >= 0.3 is 11.9 Å². The van der Waals surface area contributed by atoms with Crippen LogP contribution in [-0.4, -0.2) is 74.4 Å². The topological polar surface area (TPSA) is 123 Å². The molecule has 0 unspecified atom stereocenters. The van der Waals surface area contributed by atoms with Gasteiger partial charge in [-0.25, -0.2) is 13.2 Å². The van der Waals surface area contributed by atoms with E-state index in [2.05, 4.69) is 0 Å². The number of esters is 2. The lowest BCUT2D eigenvalue weighted by Gasteiger charge is -2.32. The summed E-state index contributed by atoms with van der Waals surface area (Å²) in [7, 11) is -2.23. The third-order valence-corrected chi connectivity index (χ3v) is 6.90. The van der Waals surface area contributed by atoms with Gasteiger partial charge in [-0.3, -0.25) is 9.59 Å². The van der Waals surface area contributed by atoms with Crippen LogP contribution in [-0.2, 0) is 29.1 Å². The molecule has 1 fully saturated rings. The van der Waals surface area contributed by atoms with Crippen molar-refractivity contribution < 1.29 is 36.7 Å². The molecule has 1 aliphatic rings. The van der Waals surface area contributed by atoms with Crippen molar-refractivity contribution in [2.24, 2.45) is 5.92 Å². The van der Waals surface area contributed by atoms with Crippen LogP contribution in [0.1, 0.15) is 63.9 Å². The standard InChI is InChI=1S/C22H34N2O8S/c1-6-30-21(27)17-9-10-19(31-17)33(28,29)24-14-11-16(12-15-24)20(26)23(5)13-7-8-18(25)32-22(2,3)4/h9-10,16H,6-8,11-15H2,1-5H3. The largest absolute Gasteiger partial charge is 0.460 e. The molecule has 186 valence electrons. The molecular formula is C22H34N2O8S. The lowest BCUT2D eigenvalue weighted by atomic mass is 9.96. The Kier molecular flexibility index (Phi) is 9.07. The monoisotopic (exact) mass is 486 g/mol. The van der Waals surface area contributed by atoms with E-state index in [4.69, 9.17) is 13.9 Å². The molecule has 1 aliphatic heterocycles. The second-order valence-corrected chi connectivity index (χ2v) is 10.8. The highest BCUT2D eigenvalue weighted by molar-refractivity contribution is 7.89. The van der Waals surface area contributed by atoms with E-state index in [1.807, 2.05) is 0 Å². The summed E-state index contributed by atoms with van der Waals surface area (Å²) in [4.78, 5) is 37.9. The van der Waals surface area contributed by atoms with E-state index < -0.39 is 21.6 Å². The fourth-order valence-electron chi connectivity index (χ4n) is 3.52. The molecule has 0 atom stereocenters. The van der Waals surface area contributed by atoms with Crippen LogP contribution in [0.5, 0.6) is 0 Å². The van der Waals surface area contributed by atoms with Crippen molar-refractivity contribution in [1.82, 2.24) is 9.21 Å². The molecule has 2 heterocycles. The normalized spacial score (nSPS) is 15.8. The van der Waals surface area contributed by atoms with Gasteiger partial charge in [0.05, 0.1) is 6.61 Å². The Morgan fingerprint density at radius 1 is 1.18 bits per heavy atom. The van der Waals surface area contributed by atoms with E-state index in [1.165, 1.54) is 16.4 Å². The SMILES string of the molecule is CCOC(=O)c1ccc(S(=O)(=O)N2CCC(C(=O)N(C)CCCC(=O)OC(C)(C)C)CC2)o1. The Labute approximate surface area is 195 Å². The van der Waals surface area contributed by atoms with E-state index in [0.717, 1.165) is 0 Å². The maximum Gasteiger partial charge on any atom is 0.374 e. The Balaban J connectivity index is 1.85. The van der Waals surface area contributed by atoms with Gasteiger partial charge in [0.25, 0.3) is 10.0 Å². The molecule has 1 amide bonds. The first-order chi connectivity index (χ1) is 15.3. The van der Waals surface area contributed by atoms with Crippen molar-refractivity contribution in [2.75, 3.05) is 33.3 Å². The number of carbonyl (C=O) groups is 3. The highest BCUT2D eigenvalue weighted by atomic mass is 32.2. The minimum Gasteiger partial charge on any atom is -0.460 e. The molecule has 2 rings (SSSR count). The fourth-order valence-corrected chi connectivity index (χ4v) is 4.90. The number of amides is 1. The maximum absolute atomic E-state index is 12.8. The molecule has 1 aromatic heterocycles. The molecule has 33 heavy (non-hydrogen) atoms. The van der Waals surface area contributed by atoms with E-state index in [0.29, 0.717) is 25.8 Å². The number of hydrogen-bond acceptors (Lipinski definition) is 8. The smallest absolute Gasteiger partial charge is 0.374 e. The molecular weight excluding hydrogens is 452 g/mol. The average molecular weight is 487 g/mol. The molecule has 0 radical (unpaired) electrons. The summed E-state index contributed by atoms with van der Waals surface area (Å²) in [6.07, 6.45) is 1.47. The first kappa shape index (κ1) is 26.8. The van der Waals surface area contributed by atoms with Crippen molar-refractivity contribution in [1.29, 1.82) is 0 Å². The summed E-state index contributed by atoms with van der Waals surface area (Å²) in [5.74, 6) is -1.56. The van der Waals surface area contributed by atoms with Crippen LogP contribution in [0.2, 0.25) is 0 Å². The van der Waals surface area contributed by atoms with Crippen molar-refractivity contribution in [3.05, 3.63) is 17.9 Å². The Hall–Kier alpha value is -2.40. The zero-order chi connectivity index (χ0) is 24.8. The van der Waals surface area contributed by atoms with E-state index in [9.17, 15) is 22.8 Å². The van der Waals surface area contributed by atoms with Crippen molar-refractivity contribution in [3.8, 4) is 0 Å². The summed E-state index contributed by atoms with van der Waals surface area (Å²) in [5, 5.41) is -0.324. The third kappa shape index (κ3) is 7.56. The molecule has 1 aromatic rings. The van der Waals surface area contributed by atoms with Crippen LogP contribution in [0.3, 0.4) is 0 Å². The predicted octanol–water partition coefficient (Wildman–Crippen LogP) is 2.44. The van der Waals surface area contributed by atoms with Crippen LogP contribution in [0.4, 0.5) is 0 Å². The summed E-state index contributed by atoms with van der Waals surface area (Å²) in [5.41, 5.74) is -0.539. The first-order valence-electron chi connectivity index (χ1n) is 11.1. The predicted molar refractivity (Wildman–Crippen MR) is 119 cm³/mol. The molecule has 0 bridgehead atoms. The first-order valence-corrected chi connectivity index (χ1v) is 12.5. The molecule has 0 aliphatic carbocycles. The Morgan fingerprint density at radius 2 is 1.82 bits per heavy atom. The second-order valence-electron chi connectivity index (χ2n) is 8.97. The van der Waals surface area contributed by atoms with Gasteiger partial charge in [-0.05, 0) is 59.1 Å². The summed E-state index contributed by atoms with van der Waals surface area (Å²) < 4.78 is 42.2. The number of hydrogen-bond donors (Lipinski definition) is 0. The molecule has 1 saturated heterocycles. The zero-order valence-corrected chi connectivity index (χ0v) is 20.8. The highest BCUT2D eigenvalue weighted by Crippen LogP contribution is 2.26. The molecule has 0 spiro atoms. The second kappa shape index (κ2) is 11.1. The lowest BCUT2D eigenvalue weighted by Crippen LogP contribution is -2.43. The van der Waals surface area contributed by atoms with Gasteiger partial charge in [0.1, 0.15) is 5.60 Å². The number of sulfonamides is 1. The Bertz CT molecular complexity index is 940. The molecule has 11 heteroatoms. The van der Waals surface area contributed by atoms with Crippen LogP contribution < -0.4 is 0 Å². The minimum atomic E-state index is -3.92. The summed E-state index contributed by atoms with van der Waals surface area (Å²) in [6, 6.07) is 2.50. The number of ether oxygens (including phenoxy) is 2. The zero-order valence-electron chi connectivity index (χ0n) is 20.0. The third-order valence-electron chi connectivity index (χ3n) is 5.13. The fraction of sp³-hybridized carbons (Fsp3) is 0.682. The number of rotatable bonds is 9. The van der Waals surface area contributed by atoms with Gasteiger partial charge in [0.15, 0.2) is 0 Å².